The quantitative estimate of drug-likeness (QED) is 0.693. The zero-order chi connectivity index (χ0) is 20.9. The highest BCUT2D eigenvalue weighted by Gasteiger charge is 2.43. The van der Waals surface area contributed by atoms with Crippen LogP contribution < -0.4 is 11.1 Å². The number of benzene rings is 1. The number of amides is 3. The van der Waals surface area contributed by atoms with Crippen LogP contribution in [0, 0.1) is 5.92 Å². The Bertz CT molecular complexity index is 889. The zero-order valence-corrected chi connectivity index (χ0v) is 17.1. The molecule has 1 aromatic carbocycles. The van der Waals surface area contributed by atoms with Gasteiger partial charge < -0.3 is 15.4 Å². The standard InChI is InChI=1S/C22H28N4O4/c23-22(12-30-13-22)16-5-7-25(8-6-16)10-14-1-2-17-15(9-14)11-26(21(17)29)18-3-4-19(27)24-20(18)28/h1-2,9,16,18H,3-8,10-13,23H2,(H,24,27,28). The summed E-state index contributed by atoms with van der Waals surface area (Å²) in [4.78, 5) is 40.5. The molecule has 1 aromatic rings. The smallest absolute Gasteiger partial charge is 0.255 e. The molecule has 1 atom stereocenters. The van der Waals surface area contributed by atoms with Crippen LogP contribution in [-0.2, 0) is 27.4 Å². The van der Waals surface area contributed by atoms with Gasteiger partial charge >= 0.3 is 0 Å². The van der Waals surface area contributed by atoms with Crippen LogP contribution in [0.2, 0.25) is 0 Å². The van der Waals surface area contributed by atoms with Crippen LogP contribution in [0.25, 0.3) is 0 Å². The average Bonchev–Trinajstić information content (AvgIpc) is 3.02. The van der Waals surface area contributed by atoms with Gasteiger partial charge in [-0.3, -0.25) is 24.6 Å². The van der Waals surface area contributed by atoms with Crippen molar-refractivity contribution in [2.75, 3.05) is 26.3 Å². The second-order valence-electron chi connectivity index (χ2n) is 9.17. The van der Waals surface area contributed by atoms with E-state index in [0.717, 1.165) is 38.0 Å². The van der Waals surface area contributed by atoms with E-state index in [1.165, 1.54) is 5.56 Å². The molecule has 0 radical (unpaired) electrons. The first kappa shape index (κ1) is 19.7. The molecule has 5 rings (SSSR count). The average molecular weight is 412 g/mol. The number of nitrogens with two attached hydrogens (primary N) is 1. The van der Waals surface area contributed by atoms with E-state index in [2.05, 4.69) is 16.3 Å². The molecule has 3 fully saturated rings. The van der Waals surface area contributed by atoms with Crippen LogP contribution in [0.1, 0.15) is 47.2 Å². The fourth-order valence-electron chi connectivity index (χ4n) is 5.22. The Hall–Kier alpha value is -2.29. The van der Waals surface area contributed by atoms with Gasteiger partial charge in [-0.15, -0.1) is 0 Å². The molecular formula is C22H28N4O4. The van der Waals surface area contributed by atoms with Gasteiger partial charge in [-0.25, -0.2) is 0 Å². The van der Waals surface area contributed by atoms with Crippen molar-refractivity contribution < 1.29 is 19.1 Å². The third-order valence-corrected chi connectivity index (χ3v) is 7.14. The predicted molar refractivity (Wildman–Crippen MR) is 108 cm³/mol. The number of nitrogens with one attached hydrogen (secondary N) is 1. The first-order valence-electron chi connectivity index (χ1n) is 10.8. The molecule has 0 aromatic heterocycles. The van der Waals surface area contributed by atoms with E-state index in [4.69, 9.17) is 10.5 Å². The lowest BCUT2D eigenvalue weighted by atomic mass is 9.77. The summed E-state index contributed by atoms with van der Waals surface area (Å²) >= 11 is 0. The summed E-state index contributed by atoms with van der Waals surface area (Å²) < 4.78 is 5.32. The molecule has 3 amide bonds. The van der Waals surface area contributed by atoms with E-state index in [0.29, 0.717) is 37.7 Å². The molecule has 3 N–H and O–H groups in total. The Labute approximate surface area is 175 Å². The molecule has 160 valence electrons. The number of fused-ring (bicyclic) bond motifs is 1. The molecule has 0 spiro atoms. The van der Waals surface area contributed by atoms with Gasteiger partial charge in [-0.2, -0.15) is 0 Å². The van der Waals surface area contributed by atoms with Crippen LogP contribution in [0.4, 0.5) is 0 Å². The first-order chi connectivity index (χ1) is 14.4. The Balaban J connectivity index is 1.22. The van der Waals surface area contributed by atoms with Gasteiger partial charge in [0.15, 0.2) is 0 Å². The number of nitrogens with zero attached hydrogens (tertiary/aromatic N) is 2. The van der Waals surface area contributed by atoms with Gasteiger partial charge in [0, 0.05) is 25.1 Å². The number of hydrogen-bond donors (Lipinski definition) is 2. The Morgan fingerprint density at radius 2 is 1.90 bits per heavy atom. The molecule has 30 heavy (non-hydrogen) atoms. The fourth-order valence-corrected chi connectivity index (χ4v) is 5.22. The van der Waals surface area contributed by atoms with E-state index >= 15 is 0 Å². The number of hydrogen-bond acceptors (Lipinski definition) is 6. The molecule has 8 nitrogen and oxygen atoms in total. The Morgan fingerprint density at radius 3 is 2.57 bits per heavy atom. The third kappa shape index (κ3) is 3.42. The van der Waals surface area contributed by atoms with Crippen LogP contribution in [0.5, 0.6) is 0 Å². The number of ether oxygens (including phenoxy) is 1. The third-order valence-electron chi connectivity index (χ3n) is 7.14. The van der Waals surface area contributed by atoms with Crippen molar-refractivity contribution in [1.29, 1.82) is 0 Å². The minimum Gasteiger partial charge on any atom is -0.377 e. The lowest BCUT2D eigenvalue weighted by Crippen LogP contribution is -2.63. The van der Waals surface area contributed by atoms with E-state index in [1.54, 1.807) is 4.90 Å². The van der Waals surface area contributed by atoms with Crippen molar-refractivity contribution >= 4 is 17.7 Å². The van der Waals surface area contributed by atoms with Crippen molar-refractivity contribution in [3.05, 3.63) is 34.9 Å². The zero-order valence-electron chi connectivity index (χ0n) is 17.1. The molecule has 8 heteroatoms. The molecule has 4 aliphatic rings. The summed E-state index contributed by atoms with van der Waals surface area (Å²) in [6, 6.07) is 5.42. The van der Waals surface area contributed by atoms with Crippen molar-refractivity contribution in [2.45, 2.75) is 50.4 Å². The van der Waals surface area contributed by atoms with Crippen molar-refractivity contribution in [2.24, 2.45) is 11.7 Å². The normalized spacial score (nSPS) is 27.0. The summed E-state index contributed by atoms with van der Waals surface area (Å²) in [5.41, 5.74) is 9.10. The number of imide groups is 1. The largest absolute Gasteiger partial charge is 0.377 e. The van der Waals surface area contributed by atoms with E-state index in [9.17, 15) is 14.4 Å². The van der Waals surface area contributed by atoms with E-state index in [-0.39, 0.29) is 29.7 Å². The molecular weight excluding hydrogens is 384 g/mol. The van der Waals surface area contributed by atoms with Gasteiger partial charge in [0.25, 0.3) is 5.91 Å². The maximum Gasteiger partial charge on any atom is 0.255 e. The van der Waals surface area contributed by atoms with Crippen LogP contribution in [0.3, 0.4) is 0 Å². The molecule has 4 heterocycles. The van der Waals surface area contributed by atoms with E-state index in [1.807, 2.05) is 12.1 Å². The van der Waals surface area contributed by atoms with Gasteiger partial charge in [0.05, 0.1) is 18.8 Å². The minimum absolute atomic E-state index is 0.122. The summed E-state index contributed by atoms with van der Waals surface area (Å²) in [5.74, 6) is -0.230. The molecule has 1 unspecified atom stereocenters. The monoisotopic (exact) mass is 412 g/mol. The van der Waals surface area contributed by atoms with Crippen molar-refractivity contribution in [3.8, 4) is 0 Å². The maximum atomic E-state index is 12.8. The molecule has 0 aliphatic carbocycles. The summed E-state index contributed by atoms with van der Waals surface area (Å²) in [6.07, 6.45) is 2.84. The summed E-state index contributed by atoms with van der Waals surface area (Å²) in [5, 5.41) is 2.35. The molecule has 3 saturated heterocycles. The number of likely N-dealkylation sites (tertiary alicyclic amines) is 1. The minimum atomic E-state index is -0.566. The van der Waals surface area contributed by atoms with Gasteiger partial charge in [-0.1, -0.05) is 12.1 Å². The van der Waals surface area contributed by atoms with E-state index < -0.39 is 6.04 Å². The van der Waals surface area contributed by atoms with Gasteiger partial charge in [-0.05, 0) is 55.5 Å². The van der Waals surface area contributed by atoms with Crippen molar-refractivity contribution in [1.82, 2.24) is 15.1 Å². The van der Waals surface area contributed by atoms with Crippen LogP contribution in [-0.4, -0.2) is 65.4 Å². The predicted octanol–water partition coefficient (Wildman–Crippen LogP) is 0.387. The van der Waals surface area contributed by atoms with Gasteiger partial charge in [0.1, 0.15) is 6.04 Å². The molecule has 4 aliphatic heterocycles. The fraction of sp³-hybridized carbons (Fsp3) is 0.591. The Kier molecular flexibility index (Phi) is 4.88. The highest BCUT2D eigenvalue weighted by molar-refractivity contribution is 6.05. The summed E-state index contributed by atoms with van der Waals surface area (Å²) in [6.45, 7) is 4.66. The number of carbonyl (C=O) groups excluding carboxylic acids is 3. The number of carbonyl (C=O) groups is 3. The van der Waals surface area contributed by atoms with Gasteiger partial charge in [0.2, 0.25) is 11.8 Å². The highest BCUT2D eigenvalue weighted by atomic mass is 16.5. The second-order valence-corrected chi connectivity index (χ2v) is 9.17. The number of rotatable bonds is 4. The second kappa shape index (κ2) is 7.44. The maximum absolute atomic E-state index is 12.8. The number of piperidine rings is 2. The molecule has 0 bridgehead atoms. The Morgan fingerprint density at radius 1 is 1.13 bits per heavy atom. The lowest BCUT2D eigenvalue weighted by molar-refractivity contribution is -0.136. The summed E-state index contributed by atoms with van der Waals surface area (Å²) in [7, 11) is 0. The van der Waals surface area contributed by atoms with Crippen LogP contribution >= 0.6 is 0 Å². The topological polar surface area (TPSA) is 105 Å². The van der Waals surface area contributed by atoms with Crippen LogP contribution in [0.15, 0.2) is 18.2 Å². The highest BCUT2D eigenvalue weighted by Crippen LogP contribution is 2.33. The molecule has 0 saturated carbocycles. The first-order valence-corrected chi connectivity index (χ1v) is 10.8. The lowest BCUT2D eigenvalue weighted by Gasteiger charge is -2.47. The van der Waals surface area contributed by atoms with Crippen molar-refractivity contribution in [3.63, 3.8) is 0 Å². The SMILES string of the molecule is NC1(C2CCN(Cc3ccc4c(c3)CN(C3CCC(=O)NC3=O)C4=O)CC2)COC1.